The van der Waals surface area contributed by atoms with Gasteiger partial charge in [-0.3, -0.25) is 10.2 Å². The van der Waals surface area contributed by atoms with Crippen LogP contribution in [0.5, 0.6) is 0 Å². The van der Waals surface area contributed by atoms with Crippen LogP contribution in [0.4, 0.5) is 5.69 Å². The molecule has 0 saturated carbocycles. The maximum Gasteiger partial charge on any atom is 0.280 e. The Kier molecular flexibility index (Phi) is 6.33. The van der Waals surface area contributed by atoms with E-state index in [1.54, 1.807) is 6.07 Å². The Morgan fingerprint density at radius 1 is 0.933 bits per heavy atom. The van der Waals surface area contributed by atoms with E-state index in [1.807, 2.05) is 60.7 Å². The van der Waals surface area contributed by atoms with Gasteiger partial charge in [-0.05, 0) is 64.5 Å². The summed E-state index contributed by atoms with van der Waals surface area (Å²) in [5, 5.41) is 3.81. The molecule has 0 unspecified atom stereocenters. The lowest BCUT2D eigenvalue weighted by Crippen LogP contribution is -2.37. The lowest BCUT2D eigenvalue weighted by Gasteiger charge is -2.17. The van der Waals surface area contributed by atoms with E-state index < -0.39 is 0 Å². The SMILES string of the molecule is O=c1c2cc(Br)cc(Br)c2nc(-c2ccccc2)n1NC(=S)Nc1ccc(Br)cc1. The topological polar surface area (TPSA) is 59.0 Å². The van der Waals surface area contributed by atoms with Crippen molar-refractivity contribution in [1.29, 1.82) is 0 Å². The van der Waals surface area contributed by atoms with Crippen molar-refractivity contribution in [2.75, 3.05) is 10.7 Å². The van der Waals surface area contributed by atoms with Crippen LogP contribution in [-0.2, 0) is 0 Å². The first-order valence-corrected chi connectivity index (χ1v) is 11.5. The first-order chi connectivity index (χ1) is 14.4. The van der Waals surface area contributed by atoms with Crippen LogP contribution in [0, 0.1) is 0 Å². The van der Waals surface area contributed by atoms with Crippen LogP contribution in [0.1, 0.15) is 0 Å². The maximum atomic E-state index is 13.4. The molecule has 0 aliphatic carbocycles. The quantitative estimate of drug-likeness (QED) is 0.268. The van der Waals surface area contributed by atoms with Gasteiger partial charge in [0.25, 0.3) is 5.56 Å². The third kappa shape index (κ3) is 4.49. The van der Waals surface area contributed by atoms with E-state index in [1.165, 1.54) is 4.68 Å². The normalized spacial score (nSPS) is 10.8. The van der Waals surface area contributed by atoms with Gasteiger partial charge < -0.3 is 5.32 Å². The predicted octanol–water partition coefficient (Wildman–Crippen LogP) is 6.29. The Bertz CT molecular complexity index is 1310. The Morgan fingerprint density at radius 3 is 2.33 bits per heavy atom. The molecule has 2 N–H and O–H groups in total. The molecule has 0 atom stereocenters. The predicted molar refractivity (Wildman–Crippen MR) is 137 cm³/mol. The number of aromatic nitrogens is 2. The summed E-state index contributed by atoms with van der Waals surface area (Å²) in [6.07, 6.45) is 0. The largest absolute Gasteiger partial charge is 0.331 e. The molecule has 0 aliphatic rings. The molecule has 0 bridgehead atoms. The minimum absolute atomic E-state index is 0.263. The number of hydrogen-bond donors (Lipinski definition) is 2. The highest BCUT2D eigenvalue weighted by Gasteiger charge is 2.16. The summed E-state index contributed by atoms with van der Waals surface area (Å²) in [7, 11) is 0. The van der Waals surface area contributed by atoms with E-state index in [-0.39, 0.29) is 10.7 Å². The number of rotatable bonds is 3. The van der Waals surface area contributed by atoms with Crippen molar-refractivity contribution in [3.05, 3.63) is 90.5 Å². The molecule has 1 aromatic heterocycles. The van der Waals surface area contributed by atoms with Crippen LogP contribution >= 0.6 is 60.0 Å². The first-order valence-electron chi connectivity index (χ1n) is 8.73. The van der Waals surface area contributed by atoms with Crippen LogP contribution in [-0.4, -0.2) is 14.8 Å². The molecule has 0 spiro atoms. The molecule has 0 aliphatic heterocycles. The van der Waals surface area contributed by atoms with Gasteiger partial charge in [-0.15, -0.1) is 0 Å². The molecule has 0 fully saturated rings. The summed E-state index contributed by atoms with van der Waals surface area (Å²) < 4.78 is 3.83. The summed E-state index contributed by atoms with van der Waals surface area (Å²) in [5.74, 6) is 0.455. The lowest BCUT2D eigenvalue weighted by molar-refractivity contribution is 0.909. The van der Waals surface area contributed by atoms with Crippen LogP contribution in [0.2, 0.25) is 0 Å². The Hall–Kier alpha value is -2.07. The molecule has 1 heterocycles. The molecular formula is C21H13Br3N4OS. The minimum Gasteiger partial charge on any atom is -0.331 e. The van der Waals surface area contributed by atoms with Crippen molar-refractivity contribution >= 4 is 81.7 Å². The zero-order valence-corrected chi connectivity index (χ0v) is 20.8. The fraction of sp³-hybridized carbons (Fsp3) is 0. The van der Waals surface area contributed by atoms with Crippen molar-refractivity contribution in [3.8, 4) is 11.4 Å². The van der Waals surface area contributed by atoms with Crippen LogP contribution in [0.15, 0.2) is 84.9 Å². The van der Waals surface area contributed by atoms with E-state index in [9.17, 15) is 4.79 Å². The third-order valence-electron chi connectivity index (χ3n) is 4.24. The number of nitrogens with zero attached hydrogens (tertiary/aromatic N) is 2. The van der Waals surface area contributed by atoms with Gasteiger partial charge in [0.05, 0.1) is 10.9 Å². The van der Waals surface area contributed by atoms with Gasteiger partial charge in [-0.2, -0.15) is 4.68 Å². The van der Waals surface area contributed by atoms with Crippen LogP contribution in [0.3, 0.4) is 0 Å². The zero-order valence-electron chi connectivity index (χ0n) is 15.2. The van der Waals surface area contributed by atoms with E-state index in [0.29, 0.717) is 16.7 Å². The number of benzene rings is 3. The van der Waals surface area contributed by atoms with Crippen LogP contribution in [0.25, 0.3) is 22.3 Å². The Morgan fingerprint density at radius 2 is 1.63 bits per heavy atom. The standard InChI is InChI=1S/C21H13Br3N4OS/c22-13-6-8-15(9-7-13)25-21(30)27-28-19(12-4-2-1-3-5-12)26-18-16(20(28)29)10-14(23)11-17(18)24/h1-11H,(H2,25,27,30). The van der Waals surface area contributed by atoms with E-state index in [0.717, 1.165) is 24.7 Å². The third-order valence-corrected chi connectivity index (χ3v) is 6.02. The summed E-state index contributed by atoms with van der Waals surface area (Å²) in [4.78, 5) is 18.1. The highest BCUT2D eigenvalue weighted by Crippen LogP contribution is 2.27. The summed E-state index contributed by atoms with van der Waals surface area (Å²) in [6.45, 7) is 0. The van der Waals surface area contributed by atoms with Crippen molar-refractivity contribution in [2.24, 2.45) is 0 Å². The number of thiocarbonyl (C=S) groups is 1. The van der Waals surface area contributed by atoms with E-state index >= 15 is 0 Å². The summed E-state index contributed by atoms with van der Waals surface area (Å²) in [6, 6.07) is 20.7. The van der Waals surface area contributed by atoms with Gasteiger partial charge >= 0.3 is 0 Å². The van der Waals surface area contributed by atoms with Gasteiger partial charge in [-0.1, -0.05) is 62.2 Å². The zero-order chi connectivity index (χ0) is 21.3. The molecule has 30 heavy (non-hydrogen) atoms. The van der Waals surface area contributed by atoms with Crippen molar-refractivity contribution in [3.63, 3.8) is 0 Å². The highest BCUT2D eigenvalue weighted by molar-refractivity contribution is 9.11. The van der Waals surface area contributed by atoms with Crippen molar-refractivity contribution in [2.45, 2.75) is 0 Å². The van der Waals surface area contributed by atoms with Crippen LogP contribution < -0.4 is 16.3 Å². The van der Waals surface area contributed by atoms with Gasteiger partial charge in [0.15, 0.2) is 10.9 Å². The molecular weight excluding hydrogens is 596 g/mol. The molecule has 0 amide bonds. The van der Waals surface area contributed by atoms with Gasteiger partial charge in [0.1, 0.15) is 0 Å². The number of nitrogens with one attached hydrogen (secondary N) is 2. The molecule has 0 saturated heterocycles. The van der Waals surface area contributed by atoms with Crippen molar-refractivity contribution in [1.82, 2.24) is 9.66 Å². The lowest BCUT2D eigenvalue weighted by atomic mass is 10.2. The number of hydrogen-bond acceptors (Lipinski definition) is 3. The molecule has 150 valence electrons. The van der Waals surface area contributed by atoms with E-state index in [2.05, 4.69) is 58.5 Å². The maximum absolute atomic E-state index is 13.4. The number of halogens is 3. The monoisotopic (exact) mass is 606 g/mol. The second-order valence-electron chi connectivity index (χ2n) is 6.30. The average Bonchev–Trinajstić information content (AvgIpc) is 2.73. The summed E-state index contributed by atoms with van der Waals surface area (Å²) >= 11 is 15.8. The van der Waals surface area contributed by atoms with E-state index in [4.69, 9.17) is 17.2 Å². The molecule has 5 nitrogen and oxygen atoms in total. The number of fused-ring (bicyclic) bond motifs is 1. The molecule has 9 heteroatoms. The Labute approximate surface area is 202 Å². The smallest absolute Gasteiger partial charge is 0.280 e. The first kappa shape index (κ1) is 21.2. The molecule has 0 radical (unpaired) electrons. The second-order valence-corrected chi connectivity index (χ2v) is 9.39. The van der Waals surface area contributed by atoms with Gasteiger partial charge in [0, 0.05) is 24.7 Å². The Balaban J connectivity index is 1.82. The fourth-order valence-electron chi connectivity index (χ4n) is 2.89. The molecule has 4 aromatic rings. The average molecular weight is 609 g/mol. The van der Waals surface area contributed by atoms with Gasteiger partial charge in [-0.25, -0.2) is 4.98 Å². The fourth-order valence-corrected chi connectivity index (χ4v) is 4.68. The highest BCUT2D eigenvalue weighted by atomic mass is 79.9. The second kappa shape index (κ2) is 8.97. The van der Waals surface area contributed by atoms with Gasteiger partial charge in [0.2, 0.25) is 0 Å². The van der Waals surface area contributed by atoms with Crippen molar-refractivity contribution < 1.29 is 0 Å². The minimum atomic E-state index is -0.263. The molecule has 4 rings (SSSR count). The molecule has 3 aromatic carbocycles. The number of anilines is 1. The summed E-state index contributed by atoms with van der Waals surface area (Å²) in [5.41, 5.74) is 4.88.